The van der Waals surface area contributed by atoms with E-state index in [9.17, 15) is 9.59 Å². The van der Waals surface area contributed by atoms with Gasteiger partial charge in [0, 0.05) is 25.9 Å². The van der Waals surface area contributed by atoms with Gasteiger partial charge in [-0.2, -0.15) is 0 Å². The molecular formula is C31H36N2O5. The number of carbonyl (C=O) groups is 2. The van der Waals surface area contributed by atoms with Crippen LogP contribution in [0.4, 0.5) is 0 Å². The predicted octanol–water partition coefficient (Wildman–Crippen LogP) is 4.77. The number of hydrogen-bond donors (Lipinski definition) is 1. The van der Waals surface area contributed by atoms with E-state index in [4.69, 9.17) is 14.2 Å². The zero-order valence-electron chi connectivity index (χ0n) is 22.3. The van der Waals surface area contributed by atoms with Crippen LogP contribution in [0, 0.1) is 5.92 Å². The summed E-state index contributed by atoms with van der Waals surface area (Å²) in [6.45, 7) is 5.15. The number of benzene rings is 3. The second-order valence-corrected chi connectivity index (χ2v) is 9.91. The summed E-state index contributed by atoms with van der Waals surface area (Å²) in [5.41, 5.74) is 2.87. The molecular weight excluding hydrogens is 480 g/mol. The number of nitrogens with zero attached hydrogens (tertiary/aromatic N) is 1. The second-order valence-electron chi connectivity index (χ2n) is 9.91. The summed E-state index contributed by atoms with van der Waals surface area (Å²) in [6.07, 6.45) is 1.20. The van der Waals surface area contributed by atoms with Gasteiger partial charge in [0.2, 0.25) is 18.6 Å². The topological polar surface area (TPSA) is 77.1 Å². The van der Waals surface area contributed by atoms with Gasteiger partial charge in [-0.1, -0.05) is 62.4 Å². The standard InChI is InChI=1S/C31H36N2O5/c1-22(2)19-32-31(35)27(17-23-8-5-4-6-9-23)33(20-25-10-7-11-26(16-25)36-3)30(34)15-13-24-12-14-28-29(18-24)38-21-37-28/h4-12,14,16,18,22,27H,13,15,17,19-21H2,1-3H3,(H,32,35)/t27-/m1/s1. The average molecular weight is 517 g/mol. The molecule has 0 saturated heterocycles. The van der Waals surface area contributed by atoms with E-state index in [1.807, 2.05) is 72.8 Å². The zero-order valence-corrected chi connectivity index (χ0v) is 22.3. The lowest BCUT2D eigenvalue weighted by atomic mass is 10.0. The van der Waals surface area contributed by atoms with E-state index in [1.165, 1.54) is 0 Å². The third kappa shape index (κ3) is 7.28. The lowest BCUT2D eigenvalue weighted by Crippen LogP contribution is -2.51. The highest BCUT2D eigenvalue weighted by Gasteiger charge is 2.30. The van der Waals surface area contributed by atoms with Crippen LogP contribution in [-0.2, 0) is 29.0 Å². The SMILES string of the molecule is COc1cccc(CN(C(=O)CCc2ccc3c(c2)OCO3)[C@H](Cc2ccccc2)C(=O)NCC(C)C)c1. The van der Waals surface area contributed by atoms with E-state index in [0.29, 0.717) is 49.1 Å². The van der Waals surface area contributed by atoms with Gasteiger partial charge in [-0.25, -0.2) is 0 Å². The Bertz CT molecular complexity index is 1230. The van der Waals surface area contributed by atoms with Crippen LogP contribution >= 0.6 is 0 Å². The number of ether oxygens (including phenoxy) is 3. The first-order chi connectivity index (χ1) is 18.4. The molecule has 0 saturated carbocycles. The molecule has 0 spiro atoms. The van der Waals surface area contributed by atoms with E-state index in [1.54, 1.807) is 12.0 Å². The van der Waals surface area contributed by atoms with Gasteiger partial charge in [0.25, 0.3) is 0 Å². The summed E-state index contributed by atoms with van der Waals surface area (Å²) in [5, 5.41) is 3.06. The maximum Gasteiger partial charge on any atom is 0.243 e. The summed E-state index contributed by atoms with van der Waals surface area (Å²) in [5.74, 6) is 2.17. The highest BCUT2D eigenvalue weighted by molar-refractivity contribution is 5.88. The Morgan fingerprint density at radius 1 is 0.921 bits per heavy atom. The van der Waals surface area contributed by atoms with E-state index in [0.717, 1.165) is 16.7 Å². The Kier molecular flexibility index (Phi) is 9.25. The summed E-state index contributed by atoms with van der Waals surface area (Å²) < 4.78 is 16.3. The minimum absolute atomic E-state index is 0.0916. The minimum atomic E-state index is -0.661. The Labute approximate surface area is 224 Å². The highest BCUT2D eigenvalue weighted by Crippen LogP contribution is 2.33. The summed E-state index contributed by atoms with van der Waals surface area (Å²) in [6, 6.07) is 22.5. The zero-order chi connectivity index (χ0) is 26.9. The smallest absolute Gasteiger partial charge is 0.243 e. The van der Waals surface area contributed by atoms with Gasteiger partial charge in [0.05, 0.1) is 7.11 Å². The summed E-state index contributed by atoms with van der Waals surface area (Å²) in [7, 11) is 1.62. The number of methoxy groups -OCH3 is 1. The number of amides is 2. The molecule has 7 heteroatoms. The van der Waals surface area contributed by atoms with Crippen molar-refractivity contribution in [3.8, 4) is 17.2 Å². The van der Waals surface area contributed by atoms with Gasteiger partial charge in [0.1, 0.15) is 11.8 Å². The first kappa shape index (κ1) is 27.0. The van der Waals surface area contributed by atoms with E-state index in [-0.39, 0.29) is 25.0 Å². The molecule has 0 radical (unpaired) electrons. The van der Waals surface area contributed by atoms with E-state index >= 15 is 0 Å². The lowest BCUT2D eigenvalue weighted by Gasteiger charge is -2.32. The van der Waals surface area contributed by atoms with Crippen molar-refractivity contribution in [1.82, 2.24) is 10.2 Å². The number of fused-ring (bicyclic) bond motifs is 1. The van der Waals surface area contributed by atoms with Crippen LogP contribution < -0.4 is 19.5 Å². The quantitative estimate of drug-likeness (QED) is 0.375. The Morgan fingerprint density at radius 2 is 1.68 bits per heavy atom. The molecule has 200 valence electrons. The molecule has 2 amide bonds. The molecule has 0 aliphatic carbocycles. The molecule has 4 rings (SSSR count). The van der Waals surface area contributed by atoms with Gasteiger partial charge >= 0.3 is 0 Å². The van der Waals surface area contributed by atoms with Crippen molar-refractivity contribution < 1.29 is 23.8 Å². The number of carbonyl (C=O) groups excluding carboxylic acids is 2. The maximum atomic E-state index is 13.8. The monoisotopic (exact) mass is 516 g/mol. The molecule has 3 aromatic carbocycles. The molecule has 1 heterocycles. The van der Waals surface area contributed by atoms with Crippen LogP contribution in [0.5, 0.6) is 17.2 Å². The molecule has 7 nitrogen and oxygen atoms in total. The normalized spacial score (nSPS) is 12.7. The lowest BCUT2D eigenvalue weighted by molar-refractivity contribution is -0.141. The molecule has 38 heavy (non-hydrogen) atoms. The second kappa shape index (κ2) is 13.0. The maximum absolute atomic E-state index is 13.8. The van der Waals surface area contributed by atoms with Crippen molar-refractivity contribution in [3.63, 3.8) is 0 Å². The molecule has 1 aliphatic heterocycles. The van der Waals surface area contributed by atoms with Crippen molar-refractivity contribution in [2.45, 2.75) is 45.7 Å². The van der Waals surface area contributed by atoms with Crippen molar-refractivity contribution in [2.75, 3.05) is 20.4 Å². The predicted molar refractivity (Wildman–Crippen MR) is 146 cm³/mol. The van der Waals surface area contributed by atoms with Crippen LogP contribution in [0.25, 0.3) is 0 Å². The number of rotatable bonds is 12. The fourth-order valence-corrected chi connectivity index (χ4v) is 4.44. The molecule has 0 unspecified atom stereocenters. The number of hydrogen-bond acceptors (Lipinski definition) is 5. The molecule has 3 aromatic rings. The fraction of sp³-hybridized carbons (Fsp3) is 0.355. The molecule has 1 atom stereocenters. The molecule has 0 bridgehead atoms. The summed E-state index contributed by atoms with van der Waals surface area (Å²) >= 11 is 0. The highest BCUT2D eigenvalue weighted by atomic mass is 16.7. The first-order valence-corrected chi connectivity index (χ1v) is 13.1. The van der Waals surface area contributed by atoms with Gasteiger partial charge < -0.3 is 24.4 Å². The van der Waals surface area contributed by atoms with E-state index in [2.05, 4.69) is 19.2 Å². The minimum Gasteiger partial charge on any atom is -0.497 e. The van der Waals surface area contributed by atoms with Gasteiger partial charge in [-0.05, 0) is 53.3 Å². The van der Waals surface area contributed by atoms with E-state index < -0.39 is 6.04 Å². The Hall–Kier alpha value is -4.00. The molecule has 0 fully saturated rings. The Morgan fingerprint density at radius 3 is 2.45 bits per heavy atom. The van der Waals surface area contributed by atoms with Crippen molar-refractivity contribution >= 4 is 11.8 Å². The number of aryl methyl sites for hydroxylation is 1. The number of nitrogens with one attached hydrogen (secondary N) is 1. The van der Waals surface area contributed by atoms with Crippen LogP contribution in [0.15, 0.2) is 72.8 Å². The van der Waals surface area contributed by atoms with Gasteiger partial charge in [0.15, 0.2) is 11.5 Å². The fourth-order valence-electron chi connectivity index (χ4n) is 4.44. The van der Waals surface area contributed by atoms with Crippen molar-refractivity contribution in [2.24, 2.45) is 5.92 Å². The largest absolute Gasteiger partial charge is 0.497 e. The molecule has 1 N–H and O–H groups in total. The van der Waals surface area contributed by atoms with Crippen LogP contribution in [0.1, 0.15) is 37.0 Å². The van der Waals surface area contributed by atoms with Crippen LogP contribution in [0.3, 0.4) is 0 Å². The van der Waals surface area contributed by atoms with Crippen LogP contribution in [-0.4, -0.2) is 43.2 Å². The van der Waals surface area contributed by atoms with Gasteiger partial charge in [-0.3, -0.25) is 9.59 Å². The summed E-state index contributed by atoms with van der Waals surface area (Å²) in [4.78, 5) is 29.1. The van der Waals surface area contributed by atoms with Crippen molar-refractivity contribution in [1.29, 1.82) is 0 Å². The average Bonchev–Trinajstić information content (AvgIpc) is 3.41. The first-order valence-electron chi connectivity index (χ1n) is 13.1. The third-order valence-electron chi connectivity index (χ3n) is 6.51. The Balaban J connectivity index is 1.60. The van der Waals surface area contributed by atoms with Crippen LogP contribution in [0.2, 0.25) is 0 Å². The van der Waals surface area contributed by atoms with Gasteiger partial charge in [-0.15, -0.1) is 0 Å². The molecule has 0 aromatic heterocycles. The molecule has 1 aliphatic rings. The van der Waals surface area contributed by atoms with Crippen molar-refractivity contribution in [3.05, 3.63) is 89.5 Å². The third-order valence-corrected chi connectivity index (χ3v) is 6.51.